The van der Waals surface area contributed by atoms with Crippen LogP contribution in [0.3, 0.4) is 0 Å². The van der Waals surface area contributed by atoms with Gasteiger partial charge in [0.2, 0.25) is 0 Å². The van der Waals surface area contributed by atoms with E-state index >= 15 is 0 Å². The summed E-state index contributed by atoms with van der Waals surface area (Å²) in [5, 5.41) is 4.32. The first-order valence-electron chi connectivity index (χ1n) is 6.62. The minimum atomic E-state index is 0.102. The van der Waals surface area contributed by atoms with E-state index < -0.39 is 0 Å². The van der Waals surface area contributed by atoms with E-state index in [9.17, 15) is 0 Å². The Bertz CT molecular complexity index is 593. The number of nitrogens with two attached hydrogens (primary N) is 1. The Hall–Kier alpha value is -1.33. The second-order valence-corrected chi connectivity index (χ2v) is 6.04. The number of rotatable bonds is 5. The first-order chi connectivity index (χ1) is 9.45. The van der Waals surface area contributed by atoms with Gasteiger partial charge in [0.1, 0.15) is 12.4 Å². The molecule has 0 fully saturated rings. The highest BCUT2D eigenvalue weighted by molar-refractivity contribution is 9.10. The maximum Gasteiger partial charge on any atom is 0.130 e. The lowest BCUT2D eigenvalue weighted by molar-refractivity contribution is 0.291. The number of hydrogen-bond acceptors (Lipinski definition) is 3. The molecule has 2 rings (SSSR count). The van der Waals surface area contributed by atoms with Crippen LogP contribution in [-0.2, 0) is 20.1 Å². The molecule has 2 N–H and O–H groups in total. The summed E-state index contributed by atoms with van der Waals surface area (Å²) in [4.78, 5) is 0. The zero-order valence-corrected chi connectivity index (χ0v) is 13.6. The molecule has 1 unspecified atom stereocenters. The largest absolute Gasteiger partial charge is 0.487 e. The standard InChI is InChI=1S/C15H20BrN3O/c1-10(17)6-12-8-13(16)4-5-15(12)20-9-14-7-11(2)18-19(14)3/h4-5,7-8,10H,6,9,17H2,1-3H3. The third-order valence-electron chi connectivity index (χ3n) is 3.04. The summed E-state index contributed by atoms with van der Waals surface area (Å²) in [5.74, 6) is 0.879. The van der Waals surface area contributed by atoms with Gasteiger partial charge in [-0.15, -0.1) is 0 Å². The molecule has 20 heavy (non-hydrogen) atoms. The molecule has 5 heteroatoms. The number of aryl methyl sites for hydroxylation is 2. The average Bonchev–Trinajstić information content (AvgIpc) is 2.66. The fraction of sp³-hybridized carbons (Fsp3) is 0.400. The highest BCUT2D eigenvalue weighted by Crippen LogP contribution is 2.25. The summed E-state index contributed by atoms with van der Waals surface area (Å²) in [7, 11) is 1.93. The van der Waals surface area contributed by atoms with Gasteiger partial charge in [-0.25, -0.2) is 0 Å². The van der Waals surface area contributed by atoms with E-state index in [1.807, 2.05) is 43.8 Å². The smallest absolute Gasteiger partial charge is 0.130 e. The molecule has 1 atom stereocenters. The molecule has 1 aromatic heterocycles. The van der Waals surface area contributed by atoms with E-state index in [4.69, 9.17) is 10.5 Å². The molecule has 4 nitrogen and oxygen atoms in total. The van der Waals surface area contributed by atoms with Crippen molar-refractivity contribution in [2.24, 2.45) is 12.8 Å². The molecule has 2 aromatic rings. The van der Waals surface area contributed by atoms with E-state index in [0.717, 1.165) is 33.6 Å². The van der Waals surface area contributed by atoms with Crippen LogP contribution >= 0.6 is 15.9 Å². The highest BCUT2D eigenvalue weighted by Gasteiger charge is 2.09. The monoisotopic (exact) mass is 337 g/mol. The zero-order chi connectivity index (χ0) is 14.7. The Labute approximate surface area is 128 Å². The van der Waals surface area contributed by atoms with Gasteiger partial charge in [0, 0.05) is 17.6 Å². The lowest BCUT2D eigenvalue weighted by atomic mass is 10.1. The van der Waals surface area contributed by atoms with Gasteiger partial charge in [-0.05, 0) is 50.1 Å². The van der Waals surface area contributed by atoms with Crippen molar-refractivity contribution in [1.82, 2.24) is 9.78 Å². The third-order valence-corrected chi connectivity index (χ3v) is 3.53. The summed E-state index contributed by atoms with van der Waals surface area (Å²) < 4.78 is 8.82. The lowest BCUT2D eigenvalue weighted by Gasteiger charge is -2.13. The number of hydrogen-bond donors (Lipinski definition) is 1. The molecule has 0 aliphatic heterocycles. The van der Waals surface area contributed by atoms with Crippen LogP contribution in [-0.4, -0.2) is 15.8 Å². The molecule has 108 valence electrons. The number of aromatic nitrogens is 2. The normalized spacial score (nSPS) is 12.4. The topological polar surface area (TPSA) is 53.1 Å². The Kier molecular flexibility index (Phi) is 4.83. The minimum Gasteiger partial charge on any atom is -0.487 e. The van der Waals surface area contributed by atoms with Crippen LogP contribution < -0.4 is 10.5 Å². The van der Waals surface area contributed by atoms with E-state index in [1.54, 1.807) is 0 Å². The van der Waals surface area contributed by atoms with Crippen molar-refractivity contribution in [3.05, 3.63) is 45.7 Å². The van der Waals surface area contributed by atoms with Crippen molar-refractivity contribution < 1.29 is 4.74 Å². The third kappa shape index (κ3) is 3.84. The van der Waals surface area contributed by atoms with E-state index in [0.29, 0.717) is 6.61 Å². The molecule has 0 amide bonds. The van der Waals surface area contributed by atoms with Gasteiger partial charge >= 0.3 is 0 Å². The van der Waals surface area contributed by atoms with Crippen LogP contribution in [0, 0.1) is 6.92 Å². The van der Waals surface area contributed by atoms with Gasteiger partial charge in [0.25, 0.3) is 0 Å². The molecular weight excluding hydrogens is 318 g/mol. The number of benzene rings is 1. The predicted octanol–water partition coefficient (Wildman–Crippen LogP) is 2.96. The zero-order valence-electron chi connectivity index (χ0n) is 12.1. The van der Waals surface area contributed by atoms with Crippen molar-refractivity contribution in [2.45, 2.75) is 32.9 Å². The van der Waals surface area contributed by atoms with Crippen LogP contribution in [0.15, 0.2) is 28.7 Å². The maximum absolute atomic E-state index is 5.94. The van der Waals surface area contributed by atoms with Gasteiger partial charge in [-0.3, -0.25) is 4.68 Å². The number of halogens is 1. The number of nitrogens with zero attached hydrogens (tertiary/aromatic N) is 2. The highest BCUT2D eigenvalue weighted by atomic mass is 79.9. The summed E-state index contributed by atoms with van der Waals surface area (Å²) >= 11 is 3.49. The summed E-state index contributed by atoms with van der Waals surface area (Å²) in [6.07, 6.45) is 0.791. The molecule has 0 spiro atoms. The average molecular weight is 338 g/mol. The summed E-state index contributed by atoms with van der Waals surface area (Å²) in [6.45, 7) is 4.48. The second kappa shape index (κ2) is 6.41. The van der Waals surface area contributed by atoms with Crippen molar-refractivity contribution in [3.8, 4) is 5.75 Å². The maximum atomic E-state index is 5.94. The molecule has 0 aliphatic carbocycles. The Morgan fingerprint density at radius 2 is 2.15 bits per heavy atom. The quantitative estimate of drug-likeness (QED) is 0.912. The van der Waals surface area contributed by atoms with Crippen LogP contribution in [0.2, 0.25) is 0 Å². The predicted molar refractivity (Wildman–Crippen MR) is 83.8 cm³/mol. The molecule has 0 bridgehead atoms. The molecular formula is C15H20BrN3O. The Morgan fingerprint density at radius 3 is 2.75 bits per heavy atom. The summed E-state index contributed by atoms with van der Waals surface area (Å²) in [6, 6.07) is 8.15. The Balaban J connectivity index is 2.14. The van der Waals surface area contributed by atoms with Crippen LogP contribution in [0.1, 0.15) is 23.9 Å². The lowest BCUT2D eigenvalue weighted by Crippen LogP contribution is -2.18. The Morgan fingerprint density at radius 1 is 1.40 bits per heavy atom. The van der Waals surface area contributed by atoms with Crippen LogP contribution in [0.25, 0.3) is 0 Å². The second-order valence-electron chi connectivity index (χ2n) is 5.12. The van der Waals surface area contributed by atoms with Gasteiger partial charge in [-0.2, -0.15) is 5.10 Å². The molecule has 0 aliphatic rings. The van der Waals surface area contributed by atoms with Gasteiger partial charge in [0.15, 0.2) is 0 Å². The molecule has 1 aromatic carbocycles. The van der Waals surface area contributed by atoms with Gasteiger partial charge in [-0.1, -0.05) is 15.9 Å². The van der Waals surface area contributed by atoms with Gasteiger partial charge in [0.05, 0.1) is 11.4 Å². The minimum absolute atomic E-state index is 0.102. The van der Waals surface area contributed by atoms with Crippen molar-refractivity contribution in [3.63, 3.8) is 0 Å². The van der Waals surface area contributed by atoms with Gasteiger partial charge < -0.3 is 10.5 Å². The van der Waals surface area contributed by atoms with E-state index in [-0.39, 0.29) is 6.04 Å². The van der Waals surface area contributed by atoms with Crippen molar-refractivity contribution in [2.75, 3.05) is 0 Å². The number of ether oxygens (including phenoxy) is 1. The fourth-order valence-corrected chi connectivity index (χ4v) is 2.55. The molecule has 0 saturated heterocycles. The van der Waals surface area contributed by atoms with E-state index in [1.165, 1.54) is 0 Å². The first kappa shape index (κ1) is 15.1. The summed E-state index contributed by atoms with van der Waals surface area (Å²) in [5.41, 5.74) is 9.06. The van der Waals surface area contributed by atoms with Crippen molar-refractivity contribution in [1.29, 1.82) is 0 Å². The first-order valence-corrected chi connectivity index (χ1v) is 7.41. The SMILES string of the molecule is Cc1cc(COc2ccc(Br)cc2CC(C)N)n(C)n1. The molecule has 0 radical (unpaired) electrons. The molecule has 1 heterocycles. The van der Waals surface area contributed by atoms with Crippen LogP contribution in [0.5, 0.6) is 5.75 Å². The van der Waals surface area contributed by atoms with Crippen molar-refractivity contribution >= 4 is 15.9 Å². The van der Waals surface area contributed by atoms with Crippen LogP contribution in [0.4, 0.5) is 0 Å². The molecule has 0 saturated carbocycles. The van der Waals surface area contributed by atoms with E-state index in [2.05, 4.69) is 27.1 Å². The fourth-order valence-electron chi connectivity index (χ4n) is 2.15.